The van der Waals surface area contributed by atoms with Gasteiger partial charge < -0.3 is 14.8 Å². The number of fused-ring (bicyclic) bond motifs is 1. The molecule has 0 aliphatic carbocycles. The standard InChI is InChI=1S/C25H28N2O3/c1-19(30-24-10-9-22-7-2-3-8-23(22)16-24)25(28)26-17-20-5-4-6-21(15-20)18-27-11-13-29-14-12-27/h2-10,15-16,19H,11-14,17-18H2,1H3,(H,26,28)/t19-/m0/s1. The number of hydrogen-bond donors (Lipinski definition) is 1. The number of amides is 1. The van der Waals surface area contributed by atoms with E-state index < -0.39 is 6.10 Å². The molecule has 0 spiro atoms. The van der Waals surface area contributed by atoms with E-state index in [1.54, 1.807) is 6.92 Å². The van der Waals surface area contributed by atoms with Gasteiger partial charge in [0.2, 0.25) is 0 Å². The Labute approximate surface area is 177 Å². The summed E-state index contributed by atoms with van der Waals surface area (Å²) < 4.78 is 11.3. The minimum atomic E-state index is -0.567. The molecule has 5 heteroatoms. The Morgan fingerprint density at radius 3 is 2.60 bits per heavy atom. The van der Waals surface area contributed by atoms with E-state index in [4.69, 9.17) is 9.47 Å². The van der Waals surface area contributed by atoms with Crippen molar-refractivity contribution in [1.82, 2.24) is 10.2 Å². The van der Waals surface area contributed by atoms with Gasteiger partial charge in [0.25, 0.3) is 5.91 Å². The van der Waals surface area contributed by atoms with Crippen molar-refractivity contribution in [3.05, 3.63) is 77.9 Å². The fraction of sp³-hybridized carbons (Fsp3) is 0.320. The highest BCUT2D eigenvalue weighted by atomic mass is 16.5. The molecule has 0 aromatic heterocycles. The van der Waals surface area contributed by atoms with E-state index in [9.17, 15) is 4.79 Å². The minimum Gasteiger partial charge on any atom is -0.481 e. The number of rotatable bonds is 7. The van der Waals surface area contributed by atoms with E-state index in [1.165, 1.54) is 5.56 Å². The highest BCUT2D eigenvalue weighted by Crippen LogP contribution is 2.21. The Bertz CT molecular complexity index is 998. The molecular formula is C25H28N2O3. The van der Waals surface area contributed by atoms with Gasteiger partial charge in [-0.1, -0.05) is 54.6 Å². The lowest BCUT2D eigenvalue weighted by Gasteiger charge is -2.26. The Kier molecular flexibility index (Phi) is 6.62. The zero-order valence-corrected chi connectivity index (χ0v) is 17.3. The van der Waals surface area contributed by atoms with E-state index in [2.05, 4.69) is 28.4 Å². The van der Waals surface area contributed by atoms with Crippen LogP contribution in [0.15, 0.2) is 66.7 Å². The van der Waals surface area contributed by atoms with Crippen molar-refractivity contribution in [3.63, 3.8) is 0 Å². The van der Waals surface area contributed by atoms with Crippen LogP contribution in [-0.4, -0.2) is 43.2 Å². The summed E-state index contributed by atoms with van der Waals surface area (Å²) in [7, 11) is 0. The van der Waals surface area contributed by atoms with Crippen molar-refractivity contribution >= 4 is 16.7 Å². The maximum atomic E-state index is 12.5. The number of carbonyl (C=O) groups excluding carboxylic acids is 1. The van der Waals surface area contributed by atoms with Gasteiger partial charge in [0.05, 0.1) is 13.2 Å². The van der Waals surface area contributed by atoms with Crippen LogP contribution >= 0.6 is 0 Å². The smallest absolute Gasteiger partial charge is 0.261 e. The maximum Gasteiger partial charge on any atom is 0.261 e. The number of ether oxygens (including phenoxy) is 2. The number of morpholine rings is 1. The first-order valence-corrected chi connectivity index (χ1v) is 10.5. The summed E-state index contributed by atoms with van der Waals surface area (Å²) in [6, 6.07) is 22.4. The maximum absolute atomic E-state index is 12.5. The molecule has 0 bridgehead atoms. The molecule has 1 heterocycles. The van der Waals surface area contributed by atoms with Gasteiger partial charge >= 0.3 is 0 Å². The molecule has 1 atom stereocenters. The van der Waals surface area contributed by atoms with Crippen molar-refractivity contribution in [3.8, 4) is 5.75 Å². The number of benzene rings is 3. The first-order valence-electron chi connectivity index (χ1n) is 10.5. The molecule has 0 saturated carbocycles. The molecule has 1 aliphatic heterocycles. The fourth-order valence-electron chi connectivity index (χ4n) is 3.69. The monoisotopic (exact) mass is 404 g/mol. The average Bonchev–Trinajstić information content (AvgIpc) is 2.78. The normalized spacial score (nSPS) is 15.6. The van der Waals surface area contributed by atoms with Crippen LogP contribution < -0.4 is 10.1 Å². The zero-order chi connectivity index (χ0) is 20.8. The van der Waals surface area contributed by atoms with E-state index >= 15 is 0 Å². The highest BCUT2D eigenvalue weighted by molar-refractivity contribution is 5.84. The molecule has 1 N–H and O–H groups in total. The van der Waals surface area contributed by atoms with Gasteiger partial charge in [-0.2, -0.15) is 0 Å². The van der Waals surface area contributed by atoms with Crippen molar-refractivity contribution in [2.45, 2.75) is 26.1 Å². The van der Waals surface area contributed by atoms with Crippen LogP contribution in [0.5, 0.6) is 5.75 Å². The van der Waals surface area contributed by atoms with Crippen LogP contribution in [0.2, 0.25) is 0 Å². The van der Waals surface area contributed by atoms with E-state index in [-0.39, 0.29) is 5.91 Å². The van der Waals surface area contributed by atoms with Gasteiger partial charge in [0.15, 0.2) is 6.10 Å². The SMILES string of the molecule is C[C@H](Oc1ccc2ccccc2c1)C(=O)NCc1cccc(CN2CCOCC2)c1. The van der Waals surface area contributed by atoms with Crippen molar-refractivity contribution in [2.75, 3.05) is 26.3 Å². The average molecular weight is 405 g/mol. The molecular weight excluding hydrogens is 376 g/mol. The second kappa shape index (κ2) is 9.74. The fourth-order valence-corrected chi connectivity index (χ4v) is 3.69. The first kappa shape index (κ1) is 20.4. The number of nitrogens with one attached hydrogen (secondary N) is 1. The molecule has 1 amide bonds. The summed E-state index contributed by atoms with van der Waals surface area (Å²) >= 11 is 0. The Morgan fingerprint density at radius 2 is 1.77 bits per heavy atom. The third-order valence-electron chi connectivity index (χ3n) is 5.37. The van der Waals surface area contributed by atoms with Crippen LogP contribution in [0.25, 0.3) is 10.8 Å². The lowest BCUT2D eigenvalue weighted by atomic mass is 10.1. The molecule has 3 aromatic carbocycles. The van der Waals surface area contributed by atoms with Gasteiger partial charge in [-0.25, -0.2) is 0 Å². The van der Waals surface area contributed by atoms with Crippen molar-refractivity contribution in [2.24, 2.45) is 0 Å². The predicted molar refractivity (Wildman–Crippen MR) is 118 cm³/mol. The molecule has 30 heavy (non-hydrogen) atoms. The van der Waals surface area contributed by atoms with Gasteiger partial charge in [-0.3, -0.25) is 9.69 Å². The summed E-state index contributed by atoms with van der Waals surface area (Å²) in [5, 5.41) is 5.24. The predicted octanol–water partition coefficient (Wildman–Crippen LogP) is 3.76. The van der Waals surface area contributed by atoms with Gasteiger partial charge in [0, 0.05) is 26.2 Å². The minimum absolute atomic E-state index is 0.123. The molecule has 1 saturated heterocycles. The van der Waals surface area contributed by atoms with Crippen LogP contribution in [0, 0.1) is 0 Å². The van der Waals surface area contributed by atoms with Gasteiger partial charge in [-0.15, -0.1) is 0 Å². The molecule has 0 radical (unpaired) electrons. The third kappa shape index (κ3) is 5.38. The van der Waals surface area contributed by atoms with Crippen molar-refractivity contribution < 1.29 is 14.3 Å². The topological polar surface area (TPSA) is 50.8 Å². The first-order chi connectivity index (χ1) is 14.7. The van der Waals surface area contributed by atoms with Gasteiger partial charge in [0.1, 0.15) is 5.75 Å². The molecule has 156 valence electrons. The summed E-state index contributed by atoms with van der Waals surface area (Å²) in [4.78, 5) is 14.9. The molecule has 1 fully saturated rings. The second-order valence-electron chi connectivity index (χ2n) is 7.70. The molecule has 1 aliphatic rings. The number of hydrogen-bond acceptors (Lipinski definition) is 4. The Balaban J connectivity index is 1.30. The molecule has 3 aromatic rings. The zero-order valence-electron chi connectivity index (χ0n) is 17.3. The van der Waals surface area contributed by atoms with Crippen LogP contribution in [-0.2, 0) is 22.6 Å². The third-order valence-corrected chi connectivity index (χ3v) is 5.37. The lowest BCUT2D eigenvalue weighted by Crippen LogP contribution is -2.36. The number of nitrogens with zero attached hydrogens (tertiary/aromatic N) is 1. The summed E-state index contributed by atoms with van der Waals surface area (Å²) in [5.74, 6) is 0.575. The summed E-state index contributed by atoms with van der Waals surface area (Å²) in [5.41, 5.74) is 2.34. The largest absolute Gasteiger partial charge is 0.481 e. The van der Waals surface area contributed by atoms with Crippen LogP contribution in [0.3, 0.4) is 0 Å². The lowest BCUT2D eigenvalue weighted by molar-refractivity contribution is -0.127. The van der Waals surface area contributed by atoms with Crippen LogP contribution in [0.4, 0.5) is 0 Å². The number of carbonyl (C=O) groups is 1. The van der Waals surface area contributed by atoms with Gasteiger partial charge in [-0.05, 0) is 41.0 Å². The summed E-state index contributed by atoms with van der Waals surface area (Å²) in [6.07, 6.45) is -0.567. The Morgan fingerprint density at radius 1 is 1.00 bits per heavy atom. The van der Waals surface area contributed by atoms with Crippen LogP contribution in [0.1, 0.15) is 18.1 Å². The van der Waals surface area contributed by atoms with E-state index in [0.29, 0.717) is 12.3 Å². The van der Waals surface area contributed by atoms with E-state index in [1.807, 2.05) is 48.5 Å². The summed E-state index contributed by atoms with van der Waals surface area (Å²) in [6.45, 7) is 6.69. The highest BCUT2D eigenvalue weighted by Gasteiger charge is 2.15. The molecule has 0 unspecified atom stereocenters. The Hall–Kier alpha value is -2.89. The van der Waals surface area contributed by atoms with Crippen molar-refractivity contribution in [1.29, 1.82) is 0 Å². The molecule has 4 rings (SSSR count). The molecule has 5 nitrogen and oxygen atoms in total. The quantitative estimate of drug-likeness (QED) is 0.652. The van der Waals surface area contributed by atoms with E-state index in [0.717, 1.165) is 49.2 Å². The second-order valence-corrected chi connectivity index (χ2v) is 7.70.